The monoisotopic (exact) mass is 346 g/mol. The fourth-order valence-corrected chi connectivity index (χ4v) is 4.02. The van der Waals surface area contributed by atoms with Crippen molar-refractivity contribution in [1.29, 1.82) is 0 Å². The third-order valence-electron chi connectivity index (χ3n) is 5.27. The number of methoxy groups -OCH3 is 1. The van der Waals surface area contributed by atoms with Gasteiger partial charge in [-0.25, -0.2) is 4.79 Å². The second-order valence-electron chi connectivity index (χ2n) is 8.20. The van der Waals surface area contributed by atoms with Crippen molar-refractivity contribution in [2.75, 3.05) is 13.7 Å². The quantitative estimate of drug-likeness (QED) is 0.837. The van der Waals surface area contributed by atoms with Gasteiger partial charge in [0.15, 0.2) is 0 Å². The van der Waals surface area contributed by atoms with Crippen LogP contribution in [0.5, 0.6) is 5.75 Å². The molecule has 0 N–H and O–H groups in total. The van der Waals surface area contributed by atoms with E-state index in [-0.39, 0.29) is 18.2 Å². The number of carbonyl (C=O) groups excluding carboxylic acids is 1. The van der Waals surface area contributed by atoms with Gasteiger partial charge in [0.2, 0.25) is 0 Å². The molecule has 3 rings (SSSR count). The molecule has 5 nitrogen and oxygen atoms in total. The van der Waals surface area contributed by atoms with Gasteiger partial charge in [-0.15, -0.1) is 0 Å². The minimum atomic E-state index is -0.444. The lowest BCUT2D eigenvalue weighted by Gasteiger charge is -2.45. The first-order valence-corrected chi connectivity index (χ1v) is 9.17. The number of benzene rings is 1. The average molecular weight is 346 g/mol. The molecular formula is C20H30N2O3. The van der Waals surface area contributed by atoms with Crippen LogP contribution in [0, 0.1) is 0 Å². The first-order valence-electron chi connectivity index (χ1n) is 9.17. The van der Waals surface area contributed by atoms with E-state index in [2.05, 4.69) is 24.0 Å². The maximum absolute atomic E-state index is 12.6. The molecule has 0 radical (unpaired) electrons. The van der Waals surface area contributed by atoms with Crippen LogP contribution in [0.3, 0.4) is 0 Å². The van der Waals surface area contributed by atoms with Gasteiger partial charge in [-0.05, 0) is 58.2 Å². The van der Waals surface area contributed by atoms with Crippen molar-refractivity contribution in [3.63, 3.8) is 0 Å². The SMILES string of the molecule is COc1ccc(CN2C[C@@H]3CC[C@H]([C@H]2C)N3C(=O)OC(C)(C)C)cc1. The first-order chi connectivity index (χ1) is 11.8. The third-order valence-corrected chi connectivity index (χ3v) is 5.27. The Morgan fingerprint density at radius 1 is 1.20 bits per heavy atom. The molecule has 1 aromatic carbocycles. The van der Waals surface area contributed by atoms with Crippen LogP contribution in [0.1, 0.15) is 46.1 Å². The molecule has 1 aromatic rings. The second-order valence-corrected chi connectivity index (χ2v) is 8.20. The van der Waals surface area contributed by atoms with Gasteiger partial charge in [0.1, 0.15) is 11.4 Å². The van der Waals surface area contributed by atoms with E-state index in [4.69, 9.17) is 9.47 Å². The van der Waals surface area contributed by atoms with Gasteiger partial charge in [-0.3, -0.25) is 9.80 Å². The Morgan fingerprint density at radius 2 is 1.88 bits per heavy atom. The lowest BCUT2D eigenvalue weighted by atomic mass is 10.0. The van der Waals surface area contributed by atoms with Crippen molar-refractivity contribution in [1.82, 2.24) is 9.80 Å². The number of carbonyl (C=O) groups is 1. The summed E-state index contributed by atoms with van der Waals surface area (Å²) < 4.78 is 10.9. The van der Waals surface area contributed by atoms with Crippen LogP contribution in [0.4, 0.5) is 4.79 Å². The summed E-state index contributed by atoms with van der Waals surface area (Å²) in [5.74, 6) is 0.881. The molecule has 0 unspecified atom stereocenters. The van der Waals surface area contributed by atoms with E-state index in [1.807, 2.05) is 37.8 Å². The van der Waals surface area contributed by atoms with E-state index in [9.17, 15) is 4.79 Å². The number of likely N-dealkylation sites (tertiary alicyclic amines) is 1. The van der Waals surface area contributed by atoms with E-state index in [0.717, 1.165) is 31.7 Å². The van der Waals surface area contributed by atoms with Crippen LogP contribution < -0.4 is 4.74 Å². The number of amides is 1. The van der Waals surface area contributed by atoms with Crippen LogP contribution >= 0.6 is 0 Å². The normalized spacial score (nSPS) is 26.6. The first kappa shape index (κ1) is 18.1. The van der Waals surface area contributed by atoms with E-state index in [1.54, 1.807) is 7.11 Å². The Balaban J connectivity index is 1.68. The Kier molecular flexibility index (Phi) is 4.96. The van der Waals surface area contributed by atoms with Crippen LogP contribution in [0.25, 0.3) is 0 Å². The molecule has 0 aromatic heterocycles. The lowest BCUT2D eigenvalue weighted by Crippen LogP contribution is -2.60. The second kappa shape index (κ2) is 6.87. The van der Waals surface area contributed by atoms with Gasteiger partial charge in [0.05, 0.1) is 13.2 Å². The largest absolute Gasteiger partial charge is 0.497 e. The van der Waals surface area contributed by atoms with Gasteiger partial charge in [0, 0.05) is 25.2 Å². The van der Waals surface area contributed by atoms with E-state index in [1.165, 1.54) is 5.56 Å². The Morgan fingerprint density at radius 3 is 2.48 bits per heavy atom. The van der Waals surface area contributed by atoms with E-state index in [0.29, 0.717) is 6.04 Å². The minimum absolute atomic E-state index is 0.157. The number of rotatable bonds is 3. The highest BCUT2D eigenvalue weighted by Gasteiger charge is 2.47. The Labute approximate surface area is 150 Å². The van der Waals surface area contributed by atoms with Crippen LogP contribution in [-0.2, 0) is 11.3 Å². The molecule has 2 saturated heterocycles. The van der Waals surface area contributed by atoms with Crippen LogP contribution in [0.2, 0.25) is 0 Å². The number of hydrogen-bond acceptors (Lipinski definition) is 4. The summed E-state index contributed by atoms with van der Waals surface area (Å²) in [6.07, 6.45) is 1.97. The topological polar surface area (TPSA) is 42.0 Å². The standard InChI is InChI=1S/C20H30N2O3/c1-14-18-11-8-16(22(18)19(23)25-20(2,3)4)13-21(14)12-15-6-9-17(24-5)10-7-15/h6-7,9-10,14,16,18H,8,11-13H2,1-5H3/t14-,16+,18-/m1/s1. The number of piperazine rings is 1. The van der Waals surface area contributed by atoms with E-state index >= 15 is 0 Å². The minimum Gasteiger partial charge on any atom is -0.497 e. The highest BCUT2D eigenvalue weighted by molar-refractivity contribution is 5.70. The molecule has 0 spiro atoms. The van der Waals surface area contributed by atoms with Crippen molar-refractivity contribution in [3.8, 4) is 5.75 Å². The highest BCUT2D eigenvalue weighted by atomic mass is 16.6. The molecule has 3 atom stereocenters. The van der Waals surface area contributed by atoms with Gasteiger partial charge in [0.25, 0.3) is 0 Å². The van der Waals surface area contributed by atoms with Crippen molar-refractivity contribution < 1.29 is 14.3 Å². The Bertz CT molecular complexity index is 608. The summed E-state index contributed by atoms with van der Waals surface area (Å²) in [6, 6.07) is 9.08. The molecule has 2 bridgehead atoms. The van der Waals surface area contributed by atoms with Gasteiger partial charge < -0.3 is 9.47 Å². The molecule has 2 heterocycles. The van der Waals surface area contributed by atoms with Crippen molar-refractivity contribution in [2.45, 2.75) is 70.8 Å². The fraction of sp³-hybridized carbons (Fsp3) is 0.650. The van der Waals surface area contributed by atoms with Crippen LogP contribution in [0.15, 0.2) is 24.3 Å². The third kappa shape index (κ3) is 3.92. The molecule has 2 fully saturated rings. The average Bonchev–Trinajstić information content (AvgIpc) is 2.89. The molecule has 25 heavy (non-hydrogen) atoms. The predicted octanol–water partition coefficient (Wildman–Crippen LogP) is 3.67. The summed E-state index contributed by atoms with van der Waals surface area (Å²) >= 11 is 0. The highest BCUT2D eigenvalue weighted by Crippen LogP contribution is 2.36. The van der Waals surface area contributed by atoms with E-state index < -0.39 is 5.60 Å². The van der Waals surface area contributed by atoms with Crippen molar-refractivity contribution in [3.05, 3.63) is 29.8 Å². The van der Waals surface area contributed by atoms with Gasteiger partial charge >= 0.3 is 6.09 Å². The number of hydrogen-bond donors (Lipinski definition) is 0. The number of fused-ring (bicyclic) bond motifs is 2. The number of nitrogens with zero attached hydrogens (tertiary/aromatic N) is 2. The molecular weight excluding hydrogens is 316 g/mol. The maximum Gasteiger partial charge on any atom is 0.410 e. The summed E-state index contributed by atoms with van der Waals surface area (Å²) in [5.41, 5.74) is 0.831. The summed E-state index contributed by atoms with van der Waals surface area (Å²) in [7, 11) is 1.69. The molecule has 0 aliphatic carbocycles. The van der Waals surface area contributed by atoms with Gasteiger partial charge in [-0.2, -0.15) is 0 Å². The zero-order valence-corrected chi connectivity index (χ0v) is 16.0. The summed E-state index contributed by atoms with van der Waals surface area (Å²) in [4.78, 5) is 17.1. The number of ether oxygens (including phenoxy) is 2. The fourth-order valence-electron chi connectivity index (χ4n) is 4.02. The Hall–Kier alpha value is -1.75. The zero-order chi connectivity index (χ0) is 18.2. The zero-order valence-electron chi connectivity index (χ0n) is 16.0. The smallest absolute Gasteiger partial charge is 0.410 e. The molecule has 138 valence electrons. The van der Waals surface area contributed by atoms with Crippen LogP contribution in [-0.4, -0.2) is 53.3 Å². The summed E-state index contributed by atoms with van der Waals surface area (Å²) in [5, 5.41) is 0. The molecule has 1 amide bonds. The van der Waals surface area contributed by atoms with Crippen molar-refractivity contribution in [2.24, 2.45) is 0 Å². The molecule has 0 saturated carbocycles. The molecule has 2 aliphatic heterocycles. The van der Waals surface area contributed by atoms with Gasteiger partial charge in [-0.1, -0.05) is 12.1 Å². The molecule has 2 aliphatic rings. The molecule has 5 heteroatoms. The van der Waals surface area contributed by atoms with Crippen molar-refractivity contribution >= 4 is 6.09 Å². The lowest BCUT2D eigenvalue weighted by molar-refractivity contribution is -0.0208. The maximum atomic E-state index is 12.6. The predicted molar refractivity (Wildman–Crippen MR) is 97.7 cm³/mol. The summed E-state index contributed by atoms with van der Waals surface area (Å²) in [6.45, 7) is 9.82.